The zero-order valence-electron chi connectivity index (χ0n) is 13.5. The molecule has 7 heteroatoms. The minimum absolute atomic E-state index is 0.186. The first-order valence-corrected chi connectivity index (χ1v) is 7.93. The average Bonchev–Trinajstić information content (AvgIpc) is 3.04. The van der Waals surface area contributed by atoms with Gasteiger partial charge in [-0.05, 0) is 43.9 Å². The van der Waals surface area contributed by atoms with Crippen LogP contribution in [-0.4, -0.2) is 36.0 Å². The fraction of sp³-hybridized carbons (Fsp3) is 0.471. The Morgan fingerprint density at radius 1 is 1.17 bits per heavy atom. The molecule has 1 aromatic rings. The predicted molar refractivity (Wildman–Crippen MR) is 84.9 cm³/mol. The van der Waals surface area contributed by atoms with Gasteiger partial charge in [0.25, 0.3) is 5.91 Å². The van der Waals surface area contributed by atoms with Gasteiger partial charge in [-0.15, -0.1) is 0 Å². The molecule has 24 heavy (non-hydrogen) atoms. The molecule has 0 spiro atoms. The second-order valence-corrected chi connectivity index (χ2v) is 6.06. The van der Waals surface area contributed by atoms with Gasteiger partial charge in [-0.3, -0.25) is 14.4 Å². The molecule has 1 fully saturated rings. The van der Waals surface area contributed by atoms with Crippen LogP contribution in [0.5, 0.6) is 0 Å². The molecule has 2 amide bonds. The summed E-state index contributed by atoms with van der Waals surface area (Å²) in [5.41, 5.74) is 0.694. The van der Waals surface area contributed by atoms with Gasteiger partial charge < -0.3 is 15.7 Å². The van der Waals surface area contributed by atoms with Crippen molar-refractivity contribution in [3.05, 3.63) is 35.1 Å². The maximum absolute atomic E-state index is 13.4. The highest BCUT2D eigenvalue weighted by molar-refractivity contribution is 5.94. The maximum Gasteiger partial charge on any atom is 0.306 e. The van der Waals surface area contributed by atoms with Crippen LogP contribution in [0.4, 0.5) is 4.39 Å². The molecule has 6 nitrogen and oxygen atoms in total. The fourth-order valence-electron chi connectivity index (χ4n) is 2.79. The standard InChI is InChI=1S/C17H21FN2O4/c1-10-2-3-12(9-14(10)18)16(22)20-7-6-19-15(21)11-4-5-13(8-11)17(23)24/h2-3,9,11,13H,4-8H2,1H3,(H,19,21)(H,20,22)(H,23,24)/t11-,13+/m1/s1. The molecule has 0 aliphatic heterocycles. The molecule has 2 rings (SSSR count). The van der Waals surface area contributed by atoms with E-state index in [1.165, 1.54) is 18.2 Å². The third-order valence-corrected chi connectivity index (χ3v) is 4.30. The summed E-state index contributed by atoms with van der Waals surface area (Å²) >= 11 is 0. The van der Waals surface area contributed by atoms with Crippen molar-refractivity contribution in [3.8, 4) is 0 Å². The van der Waals surface area contributed by atoms with Crippen LogP contribution < -0.4 is 10.6 Å². The third kappa shape index (κ3) is 4.53. The van der Waals surface area contributed by atoms with Gasteiger partial charge in [-0.25, -0.2) is 4.39 Å². The van der Waals surface area contributed by atoms with Crippen molar-refractivity contribution in [3.63, 3.8) is 0 Å². The largest absolute Gasteiger partial charge is 0.481 e. The number of aryl methyl sites for hydroxylation is 1. The van der Waals surface area contributed by atoms with Gasteiger partial charge in [0.1, 0.15) is 5.82 Å². The normalized spacial score (nSPS) is 19.8. The second kappa shape index (κ2) is 7.90. The average molecular weight is 336 g/mol. The number of amides is 2. The van der Waals surface area contributed by atoms with Crippen molar-refractivity contribution in [1.82, 2.24) is 10.6 Å². The third-order valence-electron chi connectivity index (χ3n) is 4.30. The highest BCUT2D eigenvalue weighted by Gasteiger charge is 2.33. The molecule has 0 bridgehead atoms. The summed E-state index contributed by atoms with van der Waals surface area (Å²) in [4.78, 5) is 34.7. The molecule has 1 aliphatic carbocycles. The first-order valence-electron chi connectivity index (χ1n) is 7.93. The molecule has 2 atom stereocenters. The molecule has 3 N–H and O–H groups in total. The first-order chi connectivity index (χ1) is 11.4. The number of carboxylic acids is 1. The molecule has 1 aromatic carbocycles. The van der Waals surface area contributed by atoms with Gasteiger partial charge >= 0.3 is 5.97 Å². The fourth-order valence-corrected chi connectivity index (χ4v) is 2.79. The number of hydrogen-bond acceptors (Lipinski definition) is 3. The summed E-state index contributed by atoms with van der Waals surface area (Å²) in [6, 6.07) is 4.25. The number of carboxylic acid groups (broad SMARTS) is 1. The SMILES string of the molecule is Cc1ccc(C(=O)NCCNC(=O)[C@@H]2CC[C@H](C(=O)O)C2)cc1F. The van der Waals surface area contributed by atoms with Crippen molar-refractivity contribution in [2.75, 3.05) is 13.1 Å². The van der Waals surface area contributed by atoms with E-state index in [1.54, 1.807) is 6.92 Å². The Hall–Kier alpha value is -2.44. The topological polar surface area (TPSA) is 95.5 Å². The number of benzene rings is 1. The second-order valence-electron chi connectivity index (χ2n) is 6.06. The highest BCUT2D eigenvalue weighted by Crippen LogP contribution is 2.30. The van der Waals surface area contributed by atoms with E-state index in [1.807, 2.05) is 0 Å². The van der Waals surface area contributed by atoms with E-state index in [9.17, 15) is 18.8 Å². The summed E-state index contributed by atoms with van der Waals surface area (Å²) in [5, 5.41) is 14.2. The molecule has 0 aromatic heterocycles. The molecule has 0 saturated heterocycles. The summed E-state index contributed by atoms with van der Waals surface area (Å²) in [6.45, 7) is 2.08. The zero-order valence-corrected chi connectivity index (χ0v) is 13.5. The number of hydrogen-bond donors (Lipinski definition) is 3. The smallest absolute Gasteiger partial charge is 0.306 e. The molecule has 0 heterocycles. The maximum atomic E-state index is 13.4. The number of halogens is 1. The van der Waals surface area contributed by atoms with Crippen LogP contribution >= 0.6 is 0 Å². The van der Waals surface area contributed by atoms with Crippen molar-refractivity contribution >= 4 is 17.8 Å². The number of rotatable bonds is 6. The van der Waals surface area contributed by atoms with Crippen LogP contribution in [0.25, 0.3) is 0 Å². The molecular formula is C17H21FN2O4. The lowest BCUT2D eigenvalue weighted by atomic mass is 10.0. The number of nitrogens with one attached hydrogen (secondary N) is 2. The van der Waals surface area contributed by atoms with E-state index in [0.717, 1.165) is 0 Å². The number of aliphatic carboxylic acids is 1. The van der Waals surface area contributed by atoms with Crippen LogP contribution in [-0.2, 0) is 9.59 Å². The lowest BCUT2D eigenvalue weighted by molar-refractivity contribution is -0.141. The highest BCUT2D eigenvalue weighted by atomic mass is 19.1. The monoisotopic (exact) mass is 336 g/mol. The molecular weight excluding hydrogens is 315 g/mol. The van der Waals surface area contributed by atoms with Crippen LogP contribution in [0.2, 0.25) is 0 Å². The van der Waals surface area contributed by atoms with Crippen LogP contribution in [0, 0.1) is 24.6 Å². The molecule has 130 valence electrons. The Morgan fingerprint density at radius 3 is 2.46 bits per heavy atom. The molecule has 0 unspecified atom stereocenters. The summed E-state index contributed by atoms with van der Waals surface area (Å²) in [5.74, 6) is -2.62. The van der Waals surface area contributed by atoms with E-state index in [2.05, 4.69) is 10.6 Å². The summed E-state index contributed by atoms with van der Waals surface area (Å²) in [6.07, 6.45) is 1.44. The van der Waals surface area contributed by atoms with Crippen molar-refractivity contribution in [2.24, 2.45) is 11.8 Å². The molecule has 1 saturated carbocycles. The van der Waals surface area contributed by atoms with E-state index in [-0.39, 0.29) is 30.5 Å². The van der Waals surface area contributed by atoms with Crippen molar-refractivity contribution in [2.45, 2.75) is 26.2 Å². The van der Waals surface area contributed by atoms with Crippen LogP contribution in [0.3, 0.4) is 0 Å². The molecule has 1 aliphatic rings. The van der Waals surface area contributed by atoms with Gasteiger partial charge in [0.15, 0.2) is 0 Å². The van der Waals surface area contributed by atoms with Gasteiger partial charge in [0, 0.05) is 24.6 Å². The Balaban J connectivity index is 1.71. The Kier molecular flexibility index (Phi) is 5.89. The zero-order chi connectivity index (χ0) is 17.7. The lowest BCUT2D eigenvalue weighted by Gasteiger charge is -2.11. The van der Waals surface area contributed by atoms with Gasteiger partial charge in [-0.2, -0.15) is 0 Å². The van der Waals surface area contributed by atoms with Crippen molar-refractivity contribution in [1.29, 1.82) is 0 Å². The Labute approximate surface area is 139 Å². The van der Waals surface area contributed by atoms with E-state index in [0.29, 0.717) is 24.8 Å². The minimum atomic E-state index is -0.858. The van der Waals surface area contributed by atoms with E-state index >= 15 is 0 Å². The van der Waals surface area contributed by atoms with E-state index in [4.69, 9.17) is 5.11 Å². The summed E-state index contributed by atoms with van der Waals surface area (Å²) in [7, 11) is 0. The number of carbonyl (C=O) groups excluding carboxylic acids is 2. The molecule has 0 radical (unpaired) electrons. The van der Waals surface area contributed by atoms with Gasteiger partial charge in [0.2, 0.25) is 5.91 Å². The van der Waals surface area contributed by atoms with Gasteiger partial charge in [-0.1, -0.05) is 6.07 Å². The minimum Gasteiger partial charge on any atom is -0.481 e. The van der Waals surface area contributed by atoms with Gasteiger partial charge in [0.05, 0.1) is 5.92 Å². The summed E-state index contributed by atoms with van der Waals surface area (Å²) < 4.78 is 13.4. The quantitative estimate of drug-likeness (QED) is 0.686. The Bertz CT molecular complexity index is 647. The van der Waals surface area contributed by atoms with Crippen LogP contribution in [0.15, 0.2) is 18.2 Å². The first kappa shape index (κ1) is 17.9. The van der Waals surface area contributed by atoms with E-state index < -0.39 is 23.6 Å². The lowest BCUT2D eigenvalue weighted by Crippen LogP contribution is -2.37. The Morgan fingerprint density at radius 2 is 1.83 bits per heavy atom. The predicted octanol–water partition coefficient (Wildman–Crippen LogP) is 1.48. The van der Waals surface area contributed by atoms with Crippen molar-refractivity contribution < 1.29 is 23.9 Å². The van der Waals surface area contributed by atoms with Crippen LogP contribution in [0.1, 0.15) is 35.2 Å². The number of carbonyl (C=O) groups is 3.